The van der Waals surface area contributed by atoms with Crippen LogP contribution >= 0.6 is 12.2 Å². The molecule has 0 fully saturated rings. The minimum Gasteiger partial charge on any atom is -0.363 e. The molecule has 0 aliphatic heterocycles. The lowest BCUT2D eigenvalue weighted by Crippen LogP contribution is -2.38. The molecule has 0 saturated heterocycles. The lowest BCUT2D eigenvalue weighted by molar-refractivity contribution is 0.299. The molecule has 0 saturated carbocycles. The number of hydrogen-bond donors (Lipinski definition) is 2. The first-order chi connectivity index (χ1) is 9.67. The molecular formula is C15H34N4S. The van der Waals surface area contributed by atoms with Crippen molar-refractivity contribution in [2.75, 3.05) is 52.4 Å². The van der Waals surface area contributed by atoms with Gasteiger partial charge in [-0.1, -0.05) is 27.7 Å². The molecule has 0 aromatic heterocycles. The van der Waals surface area contributed by atoms with E-state index in [4.69, 9.17) is 12.2 Å². The number of nitrogens with zero attached hydrogens (tertiary/aromatic N) is 2. The summed E-state index contributed by atoms with van der Waals surface area (Å²) in [5, 5.41) is 7.36. The Labute approximate surface area is 131 Å². The summed E-state index contributed by atoms with van der Waals surface area (Å²) in [6.07, 6.45) is 2.28. The van der Waals surface area contributed by atoms with Crippen molar-refractivity contribution in [1.82, 2.24) is 20.4 Å². The normalized spacial score (nSPS) is 11.1. The van der Waals surface area contributed by atoms with Crippen LogP contribution in [0.2, 0.25) is 0 Å². The van der Waals surface area contributed by atoms with Gasteiger partial charge in [0.15, 0.2) is 5.11 Å². The van der Waals surface area contributed by atoms with Crippen LogP contribution in [-0.2, 0) is 0 Å². The first kappa shape index (κ1) is 19.6. The van der Waals surface area contributed by atoms with Crippen molar-refractivity contribution in [3.05, 3.63) is 0 Å². The standard InChI is InChI=1S/C15H34N4S/c1-5-18(6-2)13-9-11-16-15(20)17-12-10-14-19(7-3)8-4/h5-14H2,1-4H3,(H2,16,17,20). The molecule has 0 bridgehead atoms. The highest BCUT2D eigenvalue weighted by atomic mass is 32.1. The van der Waals surface area contributed by atoms with E-state index < -0.39 is 0 Å². The number of hydrogen-bond acceptors (Lipinski definition) is 3. The van der Waals surface area contributed by atoms with Crippen molar-refractivity contribution >= 4 is 17.3 Å². The van der Waals surface area contributed by atoms with E-state index in [1.54, 1.807) is 0 Å². The van der Waals surface area contributed by atoms with E-state index in [2.05, 4.69) is 48.1 Å². The molecule has 2 N–H and O–H groups in total. The van der Waals surface area contributed by atoms with Crippen LogP contribution in [0.5, 0.6) is 0 Å². The van der Waals surface area contributed by atoms with Gasteiger partial charge in [-0.2, -0.15) is 0 Å². The highest BCUT2D eigenvalue weighted by Crippen LogP contribution is 1.90. The van der Waals surface area contributed by atoms with Gasteiger partial charge in [0.25, 0.3) is 0 Å². The Morgan fingerprint density at radius 2 is 1.10 bits per heavy atom. The summed E-state index contributed by atoms with van der Waals surface area (Å²) in [6.45, 7) is 17.5. The highest BCUT2D eigenvalue weighted by molar-refractivity contribution is 7.80. The fraction of sp³-hybridized carbons (Fsp3) is 0.933. The van der Waals surface area contributed by atoms with Crippen molar-refractivity contribution in [3.63, 3.8) is 0 Å². The molecule has 0 heterocycles. The van der Waals surface area contributed by atoms with Gasteiger partial charge in [0.05, 0.1) is 0 Å². The molecule has 0 atom stereocenters. The fourth-order valence-corrected chi connectivity index (χ4v) is 2.36. The van der Waals surface area contributed by atoms with Gasteiger partial charge in [0, 0.05) is 13.1 Å². The SMILES string of the molecule is CCN(CC)CCCNC(=S)NCCCN(CC)CC. The lowest BCUT2D eigenvalue weighted by Gasteiger charge is -2.19. The fourth-order valence-electron chi connectivity index (χ4n) is 2.15. The maximum atomic E-state index is 5.28. The van der Waals surface area contributed by atoms with Crippen molar-refractivity contribution in [2.45, 2.75) is 40.5 Å². The third-order valence-electron chi connectivity index (χ3n) is 3.66. The van der Waals surface area contributed by atoms with Crippen LogP contribution in [0.25, 0.3) is 0 Å². The van der Waals surface area contributed by atoms with E-state index in [-0.39, 0.29) is 0 Å². The Morgan fingerprint density at radius 1 is 0.750 bits per heavy atom. The molecule has 120 valence electrons. The molecule has 5 heteroatoms. The Morgan fingerprint density at radius 3 is 1.40 bits per heavy atom. The van der Waals surface area contributed by atoms with Crippen molar-refractivity contribution in [3.8, 4) is 0 Å². The van der Waals surface area contributed by atoms with Gasteiger partial charge in [-0.3, -0.25) is 0 Å². The maximum absolute atomic E-state index is 5.28. The van der Waals surface area contributed by atoms with Crippen molar-refractivity contribution < 1.29 is 0 Å². The zero-order valence-electron chi connectivity index (χ0n) is 13.9. The van der Waals surface area contributed by atoms with Crippen molar-refractivity contribution in [1.29, 1.82) is 0 Å². The third kappa shape index (κ3) is 10.4. The van der Waals surface area contributed by atoms with Gasteiger partial charge in [0.2, 0.25) is 0 Å². The van der Waals surface area contributed by atoms with Gasteiger partial charge in [0.1, 0.15) is 0 Å². The minimum atomic E-state index is 0.795. The first-order valence-electron chi connectivity index (χ1n) is 8.14. The molecule has 0 amide bonds. The monoisotopic (exact) mass is 302 g/mol. The molecular weight excluding hydrogens is 268 g/mol. The Kier molecular flexibility index (Phi) is 13.3. The summed E-state index contributed by atoms with van der Waals surface area (Å²) >= 11 is 5.28. The molecule has 4 nitrogen and oxygen atoms in total. The summed E-state index contributed by atoms with van der Waals surface area (Å²) in [7, 11) is 0. The average molecular weight is 303 g/mol. The third-order valence-corrected chi connectivity index (χ3v) is 3.95. The second-order valence-corrected chi connectivity index (χ2v) is 5.35. The second kappa shape index (κ2) is 13.6. The van der Waals surface area contributed by atoms with E-state index >= 15 is 0 Å². The largest absolute Gasteiger partial charge is 0.363 e. The van der Waals surface area contributed by atoms with E-state index in [0.29, 0.717) is 0 Å². The number of rotatable bonds is 12. The predicted octanol–water partition coefficient (Wildman–Crippen LogP) is 1.91. The Bertz CT molecular complexity index is 206. The zero-order valence-corrected chi connectivity index (χ0v) is 14.7. The highest BCUT2D eigenvalue weighted by Gasteiger charge is 2.00. The summed E-state index contributed by atoms with van der Waals surface area (Å²) < 4.78 is 0. The first-order valence-corrected chi connectivity index (χ1v) is 8.55. The molecule has 0 aliphatic rings. The summed E-state index contributed by atoms with van der Waals surface area (Å²) in [4.78, 5) is 4.87. The van der Waals surface area contributed by atoms with Gasteiger partial charge in [-0.15, -0.1) is 0 Å². The quantitative estimate of drug-likeness (QED) is 0.425. The Balaban J connectivity index is 3.45. The van der Waals surface area contributed by atoms with Crippen molar-refractivity contribution in [2.24, 2.45) is 0 Å². The van der Waals surface area contributed by atoms with E-state index in [1.165, 1.54) is 0 Å². The second-order valence-electron chi connectivity index (χ2n) is 4.94. The number of thiocarbonyl (C=S) groups is 1. The van der Waals surface area contributed by atoms with Gasteiger partial charge in [-0.25, -0.2) is 0 Å². The van der Waals surface area contributed by atoms with Crippen LogP contribution in [0.3, 0.4) is 0 Å². The molecule has 0 unspecified atom stereocenters. The van der Waals surface area contributed by atoms with Crippen LogP contribution in [0.1, 0.15) is 40.5 Å². The van der Waals surface area contributed by atoms with Gasteiger partial charge >= 0.3 is 0 Å². The van der Waals surface area contributed by atoms with Crippen LogP contribution < -0.4 is 10.6 Å². The van der Waals surface area contributed by atoms with E-state index in [0.717, 1.165) is 70.3 Å². The summed E-state index contributed by atoms with van der Waals surface area (Å²) in [6, 6.07) is 0. The Hall–Kier alpha value is -0.390. The molecule has 0 rings (SSSR count). The van der Waals surface area contributed by atoms with Crippen LogP contribution in [0, 0.1) is 0 Å². The molecule has 0 spiro atoms. The van der Waals surface area contributed by atoms with E-state index in [1.807, 2.05) is 0 Å². The lowest BCUT2D eigenvalue weighted by atomic mass is 10.3. The molecule has 0 aromatic carbocycles. The minimum absolute atomic E-state index is 0.795. The van der Waals surface area contributed by atoms with Crippen LogP contribution in [0.4, 0.5) is 0 Å². The van der Waals surface area contributed by atoms with E-state index in [9.17, 15) is 0 Å². The summed E-state index contributed by atoms with van der Waals surface area (Å²) in [5.74, 6) is 0. The average Bonchev–Trinajstić information content (AvgIpc) is 2.47. The van der Waals surface area contributed by atoms with Crippen LogP contribution in [0.15, 0.2) is 0 Å². The smallest absolute Gasteiger partial charge is 0.166 e. The van der Waals surface area contributed by atoms with Gasteiger partial charge in [-0.05, 0) is 64.3 Å². The van der Waals surface area contributed by atoms with Gasteiger partial charge < -0.3 is 20.4 Å². The predicted molar refractivity (Wildman–Crippen MR) is 93.4 cm³/mol. The number of nitrogens with one attached hydrogen (secondary N) is 2. The molecule has 0 aliphatic carbocycles. The molecule has 20 heavy (non-hydrogen) atoms. The summed E-state index contributed by atoms with van der Waals surface area (Å²) in [5.41, 5.74) is 0. The molecule has 0 radical (unpaired) electrons. The van der Waals surface area contributed by atoms with Crippen LogP contribution in [-0.4, -0.2) is 67.3 Å². The zero-order chi connectivity index (χ0) is 15.2. The molecule has 0 aromatic rings. The maximum Gasteiger partial charge on any atom is 0.166 e. The topological polar surface area (TPSA) is 30.5 Å².